The second-order valence-electron chi connectivity index (χ2n) is 3.83. The summed E-state index contributed by atoms with van der Waals surface area (Å²) in [6, 6.07) is 3.92. The van der Waals surface area contributed by atoms with Gasteiger partial charge in [-0.3, -0.25) is 0 Å². The maximum absolute atomic E-state index is 5.98. The van der Waals surface area contributed by atoms with Gasteiger partial charge in [0.05, 0.1) is 11.2 Å². The van der Waals surface area contributed by atoms with Gasteiger partial charge >= 0.3 is 0 Å². The zero-order chi connectivity index (χ0) is 9.47. The zero-order valence-electron chi connectivity index (χ0n) is 7.99. The molecule has 70 valence electrons. The van der Waals surface area contributed by atoms with E-state index in [0.717, 1.165) is 24.4 Å². The van der Waals surface area contributed by atoms with E-state index in [-0.39, 0.29) is 5.54 Å². The number of anilines is 1. The van der Waals surface area contributed by atoms with Crippen LogP contribution < -0.4 is 10.6 Å². The molecule has 1 aromatic rings. The van der Waals surface area contributed by atoms with Gasteiger partial charge in [-0.1, -0.05) is 0 Å². The summed E-state index contributed by atoms with van der Waals surface area (Å²) in [6.45, 7) is 0. The molecule has 0 unspecified atom stereocenters. The number of nitrogens with two attached hydrogens (primary N) is 1. The van der Waals surface area contributed by atoms with Crippen molar-refractivity contribution in [2.75, 3.05) is 19.0 Å². The van der Waals surface area contributed by atoms with Crippen molar-refractivity contribution < 1.29 is 0 Å². The number of rotatable bonds is 2. The fourth-order valence-electron chi connectivity index (χ4n) is 1.22. The van der Waals surface area contributed by atoms with Gasteiger partial charge in [-0.05, 0) is 25.0 Å². The molecule has 1 aliphatic rings. The lowest BCUT2D eigenvalue weighted by molar-refractivity contribution is 0.685. The predicted molar refractivity (Wildman–Crippen MR) is 51.5 cm³/mol. The van der Waals surface area contributed by atoms with E-state index in [1.165, 1.54) is 0 Å². The van der Waals surface area contributed by atoms with E-state index in [4.69, 9.17) is 5.73 Å². The molecular formula is C9H14N4. The Morgan fingerprint density at radius 2 is 2.00 bits per heavy atom. The minimum Gasteiger partial charge on any atom is -0.361 e. The van der Waals surface area contributed by atoms with Crippen molar-refractivity contribution in [3.8, 4) is 0 Å². The number of nitrogens with zero attached hydrogens (tertiary/aromatic N) is 3. The molecule has 1 heterocycles. The molecule has 13 heavy (non-hydrogen) atoms. The third-order valence-corrected chi connectivity index (χ3v) is 2.41. The molecule has 0 radical (unpaired) electrons. The van der Waals surface area contributed by atoms with E-state index in [2.05, 4.69) is 10.2 Å². The lowest BCUT2D eigenvalue weighted by Crippen LogP contribution is -2.21. The lowest BCUT2D eigenvalue weighted by atomic mass is 10.2. The maximum Gasteiger partial charge on any atom is 0.150 e. The first-order chi connectivity index (χ1) is 6.12. The van der Waals surface area contributed by atoms with Crippen LogP contribution in [0.4, 0.5) is 5.82 Å². The Morgan fingerprint density at radius 1 is 1.31 bits per heavy atom. The fraction of sp³-hybridized carbons (Fsp3) is 0.556. The Bertz CT molecular complexity index is 300. The van der Waals surface area contributed by atoms with Gasteiger partial charge in [0.25, 0.3) is 0 Å². The second-order valence-corrected chi connectivity index (χ2v) is 3.83. The van der Waals surface area contributed by atoms with Crippen LogP contribution in [0.1, 0.15) is 18.5 Å². The number of hydrogen-bond donors (Lipinski definition) is 1. The molecular weight excluding hydrogens is 164 g/mol. The molecule has 0 atom stereocenters. The Hall–Kier alpha value is -1.16. The molecule has 0 aromatic carbocycles. The van der Waals surface area contributed by atoms with Gasteiger partial charge in [-0.15, -0.1) is 5.10 Å². The van der Waals surface area contributed by atoms with Gasteiger partial charge in [0, 0.05) is 14.1 Å². The molecule has 1 aliphatic carbocycles. The fourth-order valence-corrected chi connectivity index (χ4v) is 1.22. The van der Waals surface area contributed by atoms with Gasteiger partial charge in [-0.2, -0.15) is 5.10 Å². The van der Waals surface area contributed by atoms with Crippen molar-refractivity contribution in [3.63, 3.8) is 0 Å². The molecule has 1 fully saturated rings. The van der Waals surface area contributed by atoms with Gasteiger partial charge in [0.15, 0.2) is 5.82 Å². The summed E-state index contributed by atoms with van der Waals surface area (Å²) >= 11 is 0. The molecule has 1 aromatic heterocycles. The minimum absolute atomic E-state index is 0.169. The summed E-state index contributed by atoms with van der Waals surface area (Å²) < 4.78 is 0. The summed E-state index contributed by atoms with van der Waals surface area (Å²) in [4.78, 5) is 1.92. The third-order valence-electron chi connectivity index (χ3n) is 2.41. The number of aromatic nitrogens is 2. The largest absolute Gasteiger partial charge is 0.361 e. The van der Waals surface area contributed by atoms with Crippen molar-refractivity contribution in [2.24, 2.45) is 5.73 Å². The van der Waals surface area contributed by atoms with Gasteiger partial charge in [0.1, 0.15) is 0 Å². The van der Waals surface area contributed by atoms with E-state index in [9.17, 15) is 0 Å². The van der Waals surface area contributed by atoms with E-state index in [1.807, 2.05) is 31.1 Å². The van der Waals surface area contributed by atoms with Crippen LogP contribution in [0.2, 0.25) is 0 Å². The zero-order valence-corrected chi connectivity index (χ0v) is 7.99. The highest BCUT2D eigenvalue weighted by atomic mass is 15.2. The maximum atomic E-state index is 5.98. The Labute approximate surface area is 77.8 Å². The molecule has 4 heteroatoms. The van der Waals surface area contributed by atoms with Crippen LogP contribution >= 0.6 is 0 Å². The van der Waals surface area contributed by atoms with Crippen LogP contribution in [0.3, 0.4) is 0 Å². The normalized spacial score (nSPS) is 18.4. The first-order valence-corrected chi connectivity index (χ1v) is 4.42. The first kappa shape index (κ1) is 8.44. The van der Waals surface area contributed by atoms with E-state index >= 15 is 0 Å². The van der Waals surface area contributed by atoms with Crippen LogP contribution in [0.25, 0.3) is 0 Å². The molecule has 0 amide bonds. The van der Waals surface area contributed by atoms with E-state index in [0.29, 0.717) is 0 Å². The van der Waals surface area contributed by atoms with Crippen molar-refractivity contribution >= 4 is 5.82 Å². The summed E-state index contributed by atoms with van der Waals surface area (Å²) in [5, 5.41) is 8.20. The molecule has 4 nitrogen and oxygen atoms in total. The Balaban J connectivity index is 2.24. The minimum atomic E-state index is -0.169. The quantitative estimate of drug-likeness (QED) is 0.716. The molecule has 0 spiro atoms. The van der Waals surface area contributed by atoms with E-state index < -0.39 is 0 Å². The molecule has 2 rings (SSSR count). The van der Waals surface area contributed by atoms with Crippen LogP contribution in [0.15, 0.2) is 12.1 Å². The summed E-state index contributed by atoms with van der Waals surface area (Å²) in [5.74, 6) is 0.869. The summed E-state index contributed by atoms with van der Waals surface area (Å²) in [5.41, 5.74) is 6.72. The van der Waals surface area contributed by atoms with Crippen molar-refractivity contribution in [1.29, 1.82) is 0 Å². The van der Waals surface area contributed by atoms with Gasteiger partial charge in [0.2, 0.25) is 0 Å². The van der Waals surface area contributed by atoms with Crippen LogP contribution in [-0.4, -0.2) is 24.3 Å². The van der Waals surface area contributed by atoms with Crippen molar-refractivity contribution in [1.82, 2.24) is 10.2 Å². The van der Waals surface area contributed by atoms with E-state index in [1.54, 1.807) is 0 Å². The van der Waals surface area contributed by atoms with Crippen molar-refractivity contribution in [3.05, 3.63) is 17.8 Å². The molecule has 0 aliphatic heterocycles. The highest BCUT2D eigenvalue weighted by Crippen LogP contribution is 2.41. The summed E-state index contributed by atoms with van der Waals surface area (Å²) in [6.07, 6.45) is 2.06. The smallest absolute Gasteiger partial charge is 0.150 e. The monoisotopic (exact) mass is 178 g/mol. The average Bonchev–Trinajstić information content (AvgIpc) is 2.85. The first-order valence-electron chi connectivity index (χ1n) is 4.42. The second kappa shape index (κ2) is 2.67. The SMILES string of the molecule is CN(C)c1ccc(C2(N)CC2)nn1. The molecule has 0 bridgehead atoms. The Morgan fingerprint density at radius 3 is 2.38 bits per heavy atom. The van der Waals surface area contributed by atoms with Crippen LogP contribution in [-0.2, 0) is 5.54 Å². The predicted octanol–water partition coefficient (Wildman–Crippen LogP) is 0.490. The molecule has 2 N–H and O–H groups in total. The lowest BCUT2D eigenvalue weighted by Gasteiger charge is -2.12. The van der Waals surface area contributed by atoms with Gasteiger partial charge in [-0.25, -0.2) is 0 Å². The standard InChI is InChI=1S/C9H14N4/c1-13(2)8-4-3-7(11-12-8)9(10)5-6-9/h3-4H,5-6,10H2,1-2H3. The van der Waals surface area contributed by atoms with Crippen LogP contribution in [0, 0.1) is 0 Å². The van der Waals surface area contributed by atoms with Gasteiger partial charge < -0.3 is 10.6 Å². The number of hydrogen-bond acceptors (Lipinski definition) is 4. The topological polar surface area (TPSA) is 55.0 Å². The summed E-state index contributed by atoms with van der Waals surface area (Å²) in [7, 11) is 3.89. The third kappa shape index (κ3) is 1.49. The molecule has 0 saturated heterocycles. The highest BCUT2D eigenvalue weighted by molar-refractivity contribution is 5.36. The highest BCUT2D eigenvalue weighted by Gasteiger charge is 2.41. The molecule has 1 saturated carbocycles. The average molecular weight is 178 g/mol. The van der Waals surface area contributed by atoms with Crippen LogP contribution in [0.5, 0.6) is 0 Å². The van der Waals surface area contributed by atoms with Crippen molar-refractivity contribution in [2.45, 2.75) is 18.4 Å². The Kier molecular flexibility index (Phi) is 1.73.